The standard InChI is InChI=1S/C16H9BrCl2N2OS/c17-11-3-1-2-4-13(11)20-16-21-15(22)14(23-16)7-9-5-6-10(18)8-12(9)19/h1-8H,(H,20,21,22)/b14-7-. The van der Waals surface area contributed by atoms with Crippen LogP contribution >= 0.6 is 50.9 Å². The topological polar surface area (TPSA) is 41.5 Å². The van der Waals surface area contributed by atoms with Crippen LogP contribution in [0.1, 0.15) is 5.56 Å². The summed E-state index contributed by atoms with van der Waals surface area (Å²) in [4.78, 5) is 17.1. The number of carbonyl (C=O) groups is 1. The van der Waals surface area contributed by atoms with Gasteiger partial charge in [-0.05, 0) is 63.6 Å². The molecule has 0 spiro atoms. The third kappa shape index (κ3) is 3.98. The summed E-state index contributed by atoms with van der Waals surface area (Å²) in [6.07, 6.45) is 1.72. The van der Waals surface area contributed by atoms with Crippen LogP contribution in [0.15, 0.2) is 56.8 Å². The van der Waals surface area contributed by atoms with Crippen LogP contribution in [0.4, 0.5) is 5.69 Å². The number of amidine groups is 1. The summed E-state index contributed by atoms with van der Waals surface area (Å²) >= 11 is 16.7. The summed E-state index contributed by atoms with van der Waals surface area (Å²) in [6.45, 7) is 0. The molecule has 7 heteroatoms. The van der Waals surface area contributed by atoms with Crippen LogP contribution in [-0.2, 0) is 4.79 Å². The van der Waals surface area contributed by atoms with E-state index in [0.717, 1.165) is 15.7 Å². The molecular formula is C16H9BrCl2N2OS. The zero-order valence-corrected chi connectivity index (χ0v) is 15.4. The minimum absolute atomic E-state index is 0.202. The second kappa shape index (κ2) is 7.09. The number of nitrogens with zero attached hydrogens (tertiary/aromatic N) is 1. The maximum absolute atomic E-state index is 12.1. The predicted octanol–water partition coefficient (Wildman–Crippen LogP) is 5.65. The molecule has 1 aliphatic heterocycles. The molecule has 0 atom stereocenters. The number of thioether (sulfide) groups is 1. The summed E-state index contributed by atoms with van der Waals surface area (Å²) in [6, 6.07) is 12.7. The van der Waals surface area contributed by atoms with Gasteiger partial charge in [-0.2, -0.15) is 0 Å². The van der Waals surface area contributed by atoms with Crippen LogP contribution in [0.2, 0.25) is 10.0 Å². The molecule has 0 saturated carbocycles. The number of hydrogen-bond acceptors (Lipinski definition) is 3. The third-order valence-corrected chi connectivity index (χ3v) is 5.12. The first kappa shape index (κ1) is 16.6. The van der Waals surface area contributed by atoms with Gasteiger partial charge in [-0.25, -0.2) is 4.99 Å². The van der Waals surface area contributed by atoms with Gasteiger partial charge in [0.1, 0.15) is 0 Å². The van der Waals surface area contributed by atoms with E-state index in [1.165, 1.54) is 11.8 Å². The van der Waals surface area contributed by atoms with Crippen LogP contribution in [0.3, 0.4) is 0 Å². The zero-order chi connectivity index (χ0) is 16.4. The van der Waals surface area contributed by atoms with Crippen LogP contribution in [0.5, 0.6) is 0 Å². The molecule has 2 aromatic rings. The zero-order valence-electron chi connectivity index (χ0n) is 11.5. The van der Waals surface area contributed by atoms with E-state index in [0.29, 0.717) is 20.1 Å². The van der Waals surface area contributed by atoms with Gasteiger partial charge < -0.3 is 5.32 Å². The highest BCUT2D eigenvalue weighted by Gasteiger charge is 2.24. The summed E-state index contributed by atoms with van der Waals surface area (Å²) in [5.41, 5.74) is 1.48. The lowest BCUT2D eigenvalue weighted by atomic mass is 10.2. The van der Waals surface area contributed by atoms with Gasteiger partial charge in [-0.1, -0.05) is 41.4 Å². The van der Waals surface area contributed by atoms with E-state index in [1.54, 1.807) is 24.3 Å². The first-order valence-electron chi connectivity index (χ1n) is 6.52. The van der Waals surface area contributed by atoms with Crippen LogP contribution in [-0.4, -0.2) is 11.1 Å². The van der Waals surface area contributed by atoms with Gasteiger partial charge in [0.25, 0.3) is 5.91 Å². The van der Waals surface area contributed by atoms with E-state index in [9.17, 15) is 4.79 Å². The fourth-order valence-corrected chi connectivity index (χ4v) is 3.55. The Hall–Kier alpha value is -1.27. The van der Waals surface area contributed by atoms with Crippen molar-refractivity contribution in [1.82, 2.24) is 5.32 Å². The number of carbonyl (C=O) groups excluding carboxylic acids is 1. The molecule has 1 fully saturated rings. The Morgan fingerprint density at radius 2 is 1.96 bits per heavy atom. The van der Waals surface area contributed by atoms with Gasteiger partial charge in [-0.3, -0.25) is 4.79 Å². The maximum Gasteiger partial charge on any atom is 0.264 e. The van der Waals surface area contributed by atoms with Crippen molar-refractivity contribution in [2.75, 3.05) is 0 Å². The van der Waals surface area contributed by atoms with Crippen LogP contribution < -0.4 is 5.32 Å². The van der Waals surface area contributed by atoms with Crippen molar-refractivity contribution in [3.63, 3.8) is 0 Å². The fourth-order valence-electron chi connectivity index (χ4n) is 1.89. The monoisotopic (exact) mass is 426 g/mol. The highest BCUT2D eigenvalue weighted by atomic mass is 79.9. The van der Waals surface area contributed by atoms with Crippen molar-refractivity contribution in [3.05, 3.63) is 67.5 Å². The molecule has 1 saturated heterocycles. The fraction of sp³-hybridized carbons (Fsp3) is 0. The normalized spacial score (nSPS) is 17.8. The van der Waals surface area contributed by atoms with Gasteiger partial charge in [0.05, 0.1) is 10.6 Å². The second-order valence-corrected chi connectivity index (χ2v) is 7.33. The molecule has 3 rings (SSSR count). The number of benzene rings is 2. The van der Waals surface area contributed by atoms with Crippen molar-refractivity contribution in [2.45, 2.75) is 0 Å². The van der Waals surface area contributed by atoms with Crippen LogP contribution in [0.25, 0.3) is 6.08 Å². The molecule has 3 nitrogen and oxygen atoms in total. The van der Waals surface area contributed by atoms with E-state index in [2.05, 4.69) is 26.2 Å². The molecule has 1 amide bonds. The number of amides is 1. The van der Waals surface area contributed by atoms with Crippen molar-refractivity contribution in [3.8, 4) is 0 Å². The Morgan fingerprint density at radius 3 is 2.70 bits per heavy atom. The molecule has 0 aliphatic carbocycles. The predicted molar refractivity (Wildman–Crippen MR) is 101 cm³/mol. The molecule has 1 heterocycles. The number of rotatable bonds is 2. The van der Waals surface area contributed by atoms with E-state index in [4.69, 9.17) is 23.2 Å². The van der Waals surface area contributed by atoms with E-state index < -0.39 is 0 Å². The lowest BCUT2D eigenvalue weighted by molar-refractivity contribution is -0.115. The third-order valence-electron chi connectivity index (χ3n) is 2.97. The molecule has 1 aliphatic rings. The lowest BCUT2D eigenvalue weighted by Gasteiger charge is -1.99. The van der Waals surface area contributed by atoms with Crippen molar-refractivity contribution >= 4 is 73.7 Å². The Labute approximate surface area is 155 Å². The molecule has 23 heavy (non-hydrogen) atoms. The van der Waals surface area contributed by atoms with Gasteiger partial charge in [0, 0.05) is 14.5 Å². The average Bonchev–Trinajstić information content (AvgIpc) is 2.84. The minimum Gasteiger partial charge on any atom is -0.300 e. The number of para-hydroxylation sites is 1. The highest BCUT2D eigenvalue weighted by Crippen LogP contribution is 2.32. The molecule has 0 aromatic heterocycles. The molecule has 2 aromatic carbocycles. The largest absolute Gasteiger partial charge is 0.300 e. The van der Waals surface area contributed by atoms with E-state index in [-0.39, 0.29) is 5.91 Å². The molecule has 1 N–H and O–H groups in total. The molecule has 0 radical (unpaired) electrons. The van der Waals surface area contributed by atoms with E-state index in [1.807, 2.05) is 24.3 Å². The van der Waals surface area contributed by atoms with Crippen molar-refractivity contribution in [2.24, 2.45) is 4.99 Å². The summed E-state index contributed by atoms with van der Waals surface area (Å²) in [5.74, 6) is -0.202. The Morgan fingerprint density at radius 1 is 1.17 bits per heavy atom. The van der Waals surface area contributed by atoms with E-state index >= 15 is 0 Å². The number of halogens is 3. The van der Waals surface area contributed by atoms with Gasteiger partial charge in [0.15, 0.2) is 5.17 Å². The summed E-state index contributed by atoms with van der Waals surface area (Å²) in [5, 5.41) is 4.32. The summed E-state index contributed by atoms with van der Waals surface area (Å²) in [7, 11) is 0. The first-order chi connectivity index (χ1) is 11.0. The Kier molecular flexibility index (Phi) is 5.11. The lowest BCUT2D eigenvalue weighted by Crippen LogP contribution is -2.19. The number of nitrogens with one attached hydrogen (secondary N) is 1. The first-order valence-corrected chi connectivity index (χ1v) is 8.88. The van der Waals surface area contributed by atoms with Gasteiger partial charge in [-0.15, -0.1) is 0 Å². The number of aliphatic imine (C=N–C) groups is 1. The molecule has 0 bridgehead atoms. The molecular weight excluding hydrogens is 419 g/mol. The Bertz CT molecular complexity index is 852. The maximum atomic E-state index is 12.1. The number of hydrogen-bond donors (Lipinski definition) is 1. The van der Waals surface area contributed by atoms with Crippen LogP contribution in [0, 0.1) is 0 Å². The smallest absolute Gasteiger partial charge is 0.264 e. The van der Waals surface area contributed by atoms with Gasteiger partial charge in [0.2, 0.25) is 0 Å². The SMILES string of the molecule is O=C1NC(=Nc2ccccc2Br)S/C1=C\c1ccc(Cl)cc1Cl. The van der Waals surface area contributed by atoms with Crippen molar-refractivity contribution < 1.29 is 4.79 Å². The minimum atomic E-state index is -0.202. The highest BCUT2D eigenvalue weighted by molar-refractivity contribution is 9.10. The second-order valence-electron chi connectivity index (χ2n) is 4.60. The molecule has 116 valence electrons. The molecule has 0 unspecified atom stereocenters. The van der Waals surface area contributed by atoms with Crippen molar-refractivity contribution in [1.29, 1.82) is 0 Å². The van der Waals surface area contributed by atoms with Gasteiger partial charge >= 0.3 is 0 Å². The average molecular weight is 428 g/mol. The summed E-state index contributed by atoms with van der Waals surface area (Å²) < 4.78 is 0.862. The Balaban J connectivity index is 1.88. The quantitative estimate of drug-likeness (QED) is 0.629.